The molecule has 0 saturated carbocycles. The van der Waals surface area contributed by atoms with Crippen LogP contribution < -0.4 is 0 Å². The van der Waals surface area contributed by atoms with E-state index in [4.69, 9.17) is 4.98 Å². The molecule has 1 unspecified atom stereocenters. The van der Waals surface area contributed by atoms with Crippen LogP contribution in [0.25, 0.3) is 22.0 Å². The Hall–Kier alpha value is -3.08. The molecule has 0 saturated heterocycles. The van der Waals surface area contributed by atoms with Crippen molar-refractivity contribution < 1.29 is 4.39 Å². The zero-order valence-corrected chi connectivity index (χ0v) is 14.7. The molecule has 0 aliphatic carbocycles. The summed E-state index contributed by atoms with van der Waals surface area (Å²) in [5.74, 6) is 0.105. The Balaban J connectivity index is 1.74. The molecule has 0 fully saturated rings. The van der Waals surface area contributed by atoms with Gasteiger partial charge in [-0.3, -0.25) is 4.98 Å². The van der Waals surface area contributed by atoms with Gasteiger partial charge in [0, 0.05) is 11.6 Å². The fourth-order valence-electron chi connectivity index (χ4n) is 3.28. The largest absolute Gasteiger partial charge is 0.251 e. The summed E-state index contributed by atoms with van der Waals surface area (Å²) >= 11 is 0. The van der Waals surface area contributed by atoms with E-state index in [1.54, 1.807) is 18.3 Å². The first-order valence-electron chi connectivity index (χ1n) is 8.64. The predicted octanol–water partition coefficient (Wildman–Crippen LogP) is 4.88. The average molecular weight is 346 g/mol. The maximum atomic E-state index is 13.1. The molecule has 0 spiro atoms. The number of aromatic nitrogens is 4. The average Bonchev–Trinajstić information content (AvgIpc) is 3.16. The molecule has 0 radical (unpaired) electrons. The summed E-state index contributed by atoms with van der Waals surface area (Å²) in [5, 5.41) is 9.13. The van der Waals surface area contributed by atoms with Crippen molar-refractivity contribution in [2.45, 2.75) is 19.9 Å². The molecule has 4 nitrogen and oxygen atoms in total. The standard InChI is InChI=1S/C21H19FN4/c1-14(2)21(26-12-11-23-25-26)20-10-6-17-13-16(5-9-19(17)24-20)15-3-7-18(22)8-4-15/h3-14,21H,1-2H3. The van der Waals surface area contributed by atoms with Crippen LogP contribution in [0.15, 0.2) is 67.0 Å². The van der Waals surface area contributed by atoms with E-state index in [9.17, 15) is 4.39 Å². The number of halogens is 1. The van der Waals surface area contributed by atoms with Crippen LogP contribution in [0, 0.1) is 11.7 Å². The first-order chi connectivity index (χ1) is 12.6. The molecule has 0 bridgehead atoms. The Labute approximate surface area is 151 Å². The highest BCUT2D eigenvalue weighted by Crippen LogP contribution is 2.28. The third kappa shape index (κ3) is 3.08. The molecule has 26 heavy (non-hydrogen) atoms. The molecule has 0 amide bonds. The fraction of sp³-hybridized carbons (Fsp3) is 0.190. The van der Waals surface area contributed by atoms with Gasteiger partial charge < -0.3 is 0 Å². The normalized spacial score (nSPS) is 12.6. The summed E-state index contributed by atoms with van der Waals surface area (Å²) in [4.78, 5) is 4.85. The second-order valence-electron chi connectivity index (χ2n) is 6.72. The number of fused-ring (bicyclic) bond motifs is 1. The van der Waals surface area contributed by atoms with Gasteiger partial charge in [0.15, 0.2) is 0 Å². The zero-order chi connectivity index (χ0) is 18.1. The van der Waals surface area contributed by atoms with Crippen LogP contribution >= 0.6 is 0 Å². The van der Waals surface area contributed by atoms with Gasteiger partial charge in [-0.05, 0) is 47.4 Å². The van der Waals surface area contributed by atoms with Crippen molar-refractivity contribution in [3.8, 4) is 11.1 Å². The first-order valence-corrected chi connectivity index (χ1v) is 8.64. The maximum absolute atomic E-state index is 13.1. The smallest absolute Gasteiger partial charge is 0.123 e. The molecule has 0 N–H and O–H groups in total. The molecule has 0 aliphatic rings. The van der Waals surface area contributed by atoms with Gasteiger partial charge in [0.05, 0.1) is 23.4 Å². The van der Waals surface area contributed by atoms with E-state index < -0.39 is 0 Å². The lowest BCUT2D eigenvalue weighted by molar-refractivity contribution is 0.387. The lowest BCUT2D eigenvalue weighted by Crippen LogP contribution is -2.18. The topological polar surface area (TPSA) is 43.6 Å². The maximum Gasteiger partial charge on any atom is 0.123 e. The Morgan fingerprint density at radius 2 is 1.69 bits per heavy atom. The molecule has 2 aromatic carbocycles. The van der Waals surface area contributed by atoms with Crippen LogP contribution in [0.1, 0.15) is 25.6 Å². The van der Waals surface area contributed by atoms with E-state index in [0.717, 1.165) is 27.7 Å². The van der Waals surface area contributed by atoms with Crippen molar-refractivity contribution >= 4 is 10.9 Å². The molecule has 130 valence electrons. The molecular formula is C21H19FN4. The first kappa shape index (κ1) is 16.4. The van der Waals surface area contributed by atoms with Crippen molar-refractivity contribution in [1.29, 1.82) is 0 Å². The highest BCUT2D eigenvalue weighted by Gasteiger charge is 2.20. The second kappa shape index (κ2) is 6.67. The van der Waals surface area contributed by atoms with E-state index in [2.05, 4.69) is 36.3 Å². The minimum atomic E-state index is -0.228. The Kier molecular flexibility index (Phi) is 4.21. The van der Waals surface area contributed by atoms with Gasteiger partial charge in [0.1, 0.15) is 5.82 Å². The van der Waals surface area contributed by atoms with Crippen LogP contribution in [0.5, 0.6) is 0 Å². The SMILES string of the molecule is CC(C)C(c1ccc2cc(-c3ccc(F)cc3)ccc2n1)n1ccnn1. The summed E-state index contributed by atoms with van der Waals surface area (Å²) in [7, 11) is 0. The molecule has 2 aromatic heterocycles. The summed E-state index contributed by atoms with van der Waals surface area (Å²) in [6.45, 7) is 4.30. The monoisotopic (exact) mass is 346 g/mol. The fourth-order valence-corrected chi connectivity index (χ4v) is 3.28. The molecule has 0 aliphatic heterocycles. The van der Waals surface area contributed by atoms with E-state index in [0.29, 0.717) is 5.92 Å². The summed E-state index contributed by atoms with van der Waals surface area (Å²) in [5.41, 5.74) is 3.93. The minimum Gasteiger partial charge on any atom is -0.251 e. The lowest BCUT2D eigenvalue weighted by Gasteiger charge is -2.20. The number of rotatable bonds is 4. The van der Waals surface area contributed by atoms with E-state index in [-0.39, 0.29) is 11.9 Å². The van der Waals surface area contributed by atoms with Crippen LogP contribution in [-0.2, 0) is 0 Å². The third-order valence-electron chi connectivity index (χ3n) is 4.55. The highest BCUT2D eigenvalue weighted by molar-refractivity contribution is 5.84. The summed E-state index contributed by atoms with van der Waals surface area (Å²) in [6.07, 6.45) is 3.56. The molecule has 4 rings (SSSR count). The van der Waals surface area contributed by atoms with Crippen molar-refractivity contribution in [1.82, 2.24) is 20.0 Å². The van der Waals surface area contributed by atoms with Crippen molar-refractivity contribution in [3.05, 3.63) is 78.5 Å². The number of pyridine rings is 1. The van der Waals surface area contributed by atoms with Crippen LogP contribution in [0.2, 0.25) is 0 Å². The van der Waals surface area contributed by atoms with Crippen LogP contribution in [0.4, 0.5) is 4.39 Å². The van der Waals surface area contributed by atoms with E-state index in [1.807, 2.05) is 29.1 Å². The van der Waals surface area contributed by atoms with Gasteiger partial charge in [0.25, 0.3) is 0 Å². The lowest BCUT2D eigenvalue weighted by atomic mass is 9.99. The van der Waals surface area contributed by atoms with Crippen molar-refractivity contribution in [2.24, 2.45) is 5.92 Å². The van der Waals surface area contributed by atoms with E-state index >= 15 is 0 Å². The number of hydrogen-bond donors (Lipinski definition) is 0. The van der Waals surface area contributed by atoms with Gasteiger partial charge in [-0.15, -0.1) is 5.10 Å². The highest BCUT2D eigenvalue weighted by atomic mass is 19.1. The van der Waals surface area contributed by atoms with E-state index in [1.165, 1.54) is 12.1 Å². The quantitative estimate of drug-likeness (QED) is 0.529. The predicted molar refractivity (Wildman–Crippen MR) is 100 cm³/mol. The van der Waals surface area contributed by atoms with Crippen molar-refractivity contribution in [3.63, 3.8) is 0 Å². The van der Waals surface area contributed by atoms with Gasteiger partial charge >= 0.3 is 0 Å². The number of nitrogens with zero attached hydrogens (tertiary/aromatic N) is 4. The Bertz CT molecular complexity index is 1020. The molecular weight excluding hydrogens is 327 g/mol. The minimum absolute atomic E-state index is 0.0404. The second-order valence-corrected chi connectivity index (χ2v) is 6.72. The van der Waals surface area contributed by atoms with Gasteiger partial charge in [-0.2, -0.15) is 0 Å². The molecule has 2 heterocycles. The Morgan fingerprint density at radius 1 is 0.923 bits per heavy atom. The van der Waals surface area contributed by atoms with Gasteiger partial charge in [-0.1, -0.05) is 43.3 Å². The third-order valence-corrected chi connectivity index (χ3v) is 4.55. The molecule has 1 atom stereocenters. The van der Waals surface area contributed by atoms with Crippen molar-refractivity contribution in [2.75, 3.05) is 0 Å². The summed E-state index contributed by atoms with van der Waals surface area (Å²) in [6, 6.07) is 16.8. The zero-order valence-electron chi connectivity index (χ0n) is 14.7. The van der Waals surface area contributed by atoms with Gasteiger partial charge in [-0.25, -0.2) is 9.07 Å². The van der Waals surface area contributed by atoms with Gasteiger partial charge in [0.2, 0.25) is 0 Å². The van der Waals surface area contributed by atoms with Crippen LogP contribution in [0.3, 0.4) is 0 Å². The molecule has 4 aromatic rings. The molecule has 5 heteroatoms. The Morgan fingerprint density at radius 3 is 2.38 bits per heavy atom. The number of hydrogen-bond acceptors (Lipinski definition) is 3. The number of benzene rings is 2. The summed E-state index contributed by atoms with van der Waals surface area (Å²) < 4.78 is 15.0. The van der Waals surface area contributed by atoms with Crippen LogP contribution in [-0.4, -0.2) is 20.0 Å².